The van der Waals surface area contributed by atoms with Crippen LogP contribution in [0.1, 0.15) is 16.1 Å². The molecular weight excluding hydrogens is 378 g/mol. The van der Waals surface area contributed by atoms with Gasteiger partial charge in [0.25, 0.3) is 5.91 Å². The fourth-order valence-corrected chi connectivity index (χ4v) is 3.25. The first-order chi connectivity index (χ1) is 12.2. The molecule has 3 aromatic rings. The molecule has 3 rings (SSSR count). The summed E-state index contributed by atoms with van der Waals surface area (Å²) in [5.74, 6) is -0.140. The number of nitrogens with zero attached hydrogens (tertiary/aromatic N) is 1. The molecule has 0 fully saturated rings. The highest BCUT2D eigenvalue weighted by molar-refractivity contribution is 7.89. The maximum atomic E-state index is 12.3. The molecule has 0 saturated carbocycles. The third kappa shape index (κ3) is 3.93. The van der Waals surface area contributed by atoms with Crippen molar-refractivity contribution >= 4 is 33.2 Å². The molecule has 7 nitrogen and oxygen atoms in total. The maximum absolute atomic E-state index is 12.3. The lowest BCUT2D eigenvalue weighted by molar-refractivity contribution is 0.101. The van der Waals surface area contributed by atoms with Crippen molar-refractivity contribution in [3.05, 3.63) is 64.8 Å². The minimum Gasteiger partial charge on any atom is -0.355 e. The van der Waals surface area contributed by atoms with Gasteiger partial charge in [-0.05, 0) is 48.9 Å². The highest BCUT2D eigenvalue weighted by Crippen LogP contribution is 2.23. The highest BCUT2D eigenvalue weighted by atomic mass is 35.5. The van der Waals surface area contributed by atoms with E-state index >= 15 is 0 Å². The van der Waals surface area contributed by atoms with Gasteiger partial charge in [0.05, 0.1) is 4.90 Å². The van der Waals surface area contributed by atoms with Crippen molar-refractivity contribution in [2.75, 3.05) is 5.32 Å². The number of primary sulfonamides is 1. The summed E-state index contributed by atoms with van der Waals surface area (Å²) in [5.41, 5.74) is 1.53. The zero-order valence-corrected chi connectivity index (χ0v) is 15.1. The number of hydrogen-bond donors (Lipinski definition) is 2. The van der Waals surface area contributed by atoms with Crippen molar-refractivity contribution < 1.29 is 17.7 Å². The Morgan fingerprint density at radius 2 is 1.85 bits per heavy atom. The molecule has 26 heavy (non-hydrogen) atoms. The molecule has 0 aliphatic rings. The lowest BCUT2D eigenvalue weighted by atomic mass is 10.1. The molecule has 0 bridgehead atoms. The van der Waals surface area contributed by atoms with E-state index in [1.165, 1.54) is 12.1 Å². The molecule has 134 valence electrons. The Hall–Kier alpha value is -2.68. The van der Waals surface area contributed by atoms with Gasteiger partial charge in [-0.3, -0.25) is 4.79 Å². The van der Waals surface area contributed by atoms with Gasteiger partial charge in [0, 0.05) is 22.3 Å². The summed E-state index contributed by atoms with van der Waals surface area (Å²) in [5, 5.41) is 12.1. The van der Waals surface area contributed by atoms with Crippen LogP contribution in [0, 0.1) is 6.92 Å². The number of halogens is 1. The minimum absolute atomic E-state index is 0.0488. The first-order valence-corrected chi connectivity index (χ1v) is 9.34. The van der Waals surface area contributed by atoms with Gasteiger partial charge in [0.15, 0.2) is 11.5 Å². The van der Waals surface area contributed by atoms with Crippen molar-refractivity contribution in [1.29, 1.82) is 0 Å². The predicted molar refractivity (Wildman–Crippen MR) is 97.5 cm³/mol. The van der Waals surface area contributed by atoms with Crippen LogP contribution in [0.25, 0.3) is 11.3 Å². The van der Waals surface area contributed by atoms with Crippen LogP contribution >= 0.6 is 11.6 Å². The molecule has 0 spiro atoms. The van der Waals surface area contributed by atoms with E-state index in [2.05, 4.69) is 10.5 Å². The SMILES string of the molecule is Cc1ccc(NC(=O)c2cc(-c3ccc(Cl)cc3)on2)cc1S(N)(=O)=O. The molecule has 0 unspecified atom stereocenters. The molecule has 0 aliphatic carbocycles. The Labute approximate surface area is 154 Å². The number of sulfonamides is 1. The maximum Gasteiger partial charge on any atom is 0.277 e. The van der Waals surface area contributed by atoms with E-state index in [9.17, 15) is 13.2 Å². The highest BCUT2D eigenvalue weighted by Gasteiger charge is 2.16. The zero-order valence-electron chi connectivity index (χ0n) is 13.6. The summed E-state index contributed by atoms with van der Waals surface area (Å²) in [6, 6.07) is 12.8. The molecule has 1 amide bonds. The second kappa shape index (κ2) is 6.91. The molecule has 0 radical (unpaired) electrons. The summed E-state index contributed by atoms with van der Waals surface area (Å²) in [7, 11) is -3.89. The van der Waals surface area contributed by atoms with E-state index in [0.717, 1.165) is 0 Å². The molecule has 1 heterocycles. The Bertz CT molecular complexity index is 1080. The third-order valence-corrected chi connectivity index (χ3v) is 4.93. The second-order valence-corrected chi connectivity index (χ2v) is 7.53. The number of amides is 1. The first kappa shape index (κ1) is 18.1. The van der Waals surface area contributed by atoms with E-state index in [1.54, 1.807) is 43.3 Å². The largest absolute Gasteiger partial charge is 0.355 e. The number of carbonyl (C=O) groups is 1. The number of nitrogens with one attached hydrogen (secondary N) is 1. The fourth-order valence-electron chi connectivity index (χ4n) is 2.31. The van der Waals surface area contributed by atoms with E-state index in [1.807, 2.05) is 0 Å². The Kier molecular flexibility index (Phi) is 4.82. The van der Waals surface area contributed by atoms with Crippen LogP contribution in [0.5, 0.6) is 0 Å². The molecule has 9 heteroatoms. The zero-order chi connectivity index (χ0) is 18.9. The van der Waals surface area contributed by atoms with Gasteiger partial charge in [0.1, 0.15) is 0 Å². The number of nitrogens with two attached hydrogens (primary N) is 1. The fraction of sp³-hybridized carbons (Fsp3) is 0.0588. The lowest BCUT2D eigenvalue weighted by Gasteiger charge is -2.07. The molecule has 2 aromatic carbocycles. The van der Waals surface area contributed by atoms with E-state index in [4.69, 9.17) is 21.3 Å². The molecular formula is C17H14ClN3O4S. The van der Waals surface area contributed by atoms with Crippen LogP contribution in [0.15, 0.2) is 57.9 Å². The minimum atomic E-state index is -3.89. The van der Waals surface area contributed by atoms with E-state index in [-0.39, 0.29) is 16.3 Å². The Balaban J connectivity index is 1.82. The summed E-state index contributed by atoms with van der Waals surface area (Å²) >= 11 is 5.84. The van der Waals surface area contributed by atoms with E-state index in [0.29, 0.717) is 21.9 Å². The smallest absolute Gasteiger partial charge is 0.277 e. The quantitative estimate of drug-likeness (QED) is 0.708. The molecule has 0 aliphatic heterocycles. The number of anilines is 1. The standard InChI is InChI=1S/C17H14ClN3O4S/c1-10-2-7-13(8-16(10)26(19,23)24)20-17(22)14-9-15(25-21-14)11-3-5-12(18)6-4-11/h2-9H,1H3,(H,20,22)(H2,19,23,24). The average molecular weight is 392 g/mol. The third-order valence-electron chi connectivity index (χ3n) is 3.62. The van der Waals surface area contributed by atoms with Crippen molar-refractivity contribution in [3.63, 3.8) is 0 Å². The number of benzene rings is 2. The van der Waals surface area contributed by atoms with Crippen LogP contribution < -0.4 is 10.5 Å². The van der Waals surface area contributed by atoms with Gasteiger partial charge in [0.2, 0.25) is 10.0 Å². The number of hydrogen-bond acceptors (Lipinski definition) is 5. The number of carbonyl (C=O) groups excluding carboxylic acids is 1. The van der Waals surface area contributed by atoms with Crippen LogP contribution in [0.2, 0.25) is 5.02 Å². The predicted octanol–water partition coefficient (Wildman–Crippen LogP) is 3.20. The van der Waals surface area contributed by atoms with Gasteiger partial charge in [-0.1, -0.05) is 22.8 Å². The Morgan fingerprint density at radius 1 is 1.15 bits per heavy atom. The number of aromatic nitrogens is 1. The van der Waals surface area contributed by atoms with Crippen LogP contribution in [-0.4, -0.2) is 19.5 Å². The first-order valence-electron chi connectivity index (χ1n) is 7.41. The van der Waals surface area contributed by atoms with Crippen molar-refractivity contribution in [2.24, 2.45) is 5.14 Å². The van der Waals surface area contributed by atoms with Gasteiger partial charge < -0.3 is 9.84 Å². The van der Waals surface area contributed by atoms with Crippen molar-refractivity contribution in [3.8, 4) is 11.3 Å². The van der Waals surface area contributed by atoms with Crippen LogP contribution in [-0.2, 0) is 10.0 Å². The van der Waals surface area contributed by atoms with Gasteiger partial charge >= 0.3 is 0 Å². The average Bonchev–Trinajstić information content (AvgIpc) is 3.06. The second-order valence-electron chi connectivity index (χ2n) is 5.56. The monoisotopic (exact) mass is 391 g/mol. The van der Waals surface area contributed by atoms with Crippen LogP contribution in [0.4, 0.5) is 5.69 Å². The summed E-state index contributed by atoms with van der Waals surface area (Å²) < 4.78 is 28.3. The molecule has 0 saturated heterocycles. The lowest BCUT2D eigenvalue weighted by Crippen LogP contribution is -2.16. The van der Waals surface area contributed by atoms with Crippen molar-refractivity contribution in [2.45, 2.75) is 11.8 Å². The summed E-state index contributed by atoms with van der Waals surface area (Å²) in [4.78, 5) is 12.3. The van der Waals surface area contributed by atoms with E-state index < -0.39 is 15.9 Å². The van der Waals surface area contributed by atoms with Crippen molar-refractivity contribution in [1.82, 2.24) is 5.16 Å². The summed E-state index contributed by atoms with van der Waals surface area (Å²) in [6.45, 7) is 1.61. The normalized spacial score (nSPS) is 11.3. The Morgan fingerprint density at radius 3 is 2.50 bits per heavy atom. The van der Waals surface area contributed by atoms with Gasteiger partial charge in [-0.2, -0.15) is 0 Å². The number of aryl methyl sites for hydroxylation is 1. The molecule has 3 N–H and O–H groups in total. The van der Waals surface area contributed by atoms with Crippen LogP contribution in [0.3, 0.4) is 0 Å². The van der Waals surface area contributed by atoms with Gasteiger partial charge in [-0.25, -0.2) is 13.6 Å². The van der Waals surface area contributed by atoms with Gasteiger partial charge in [-0.15, -0.1) is 0 Å². The molecule has 1 aromatic heterocycles. The topological polar surface area (TPSA) is 115 Å². The summed E-state index contributed by atoms with van der Waals surface area (Å²) in [6.07, 6.45) is 0. The number of rotatable bonds is 4. The molecule has 0 atom stereocenters.